The molecule has 24 heavy (non-hydrogen) atoms. The van der Waals surface area contributed by atoms with Gasteiger partial charge in [0.05, 0.1) is 6.20 Å². The Kier molecular flexibility index (Phi) is 3.59. The van der Waals surface area contributed by atoms with Crippen LogP contribution in [0.5, 0.6) is 0 Å². The summed E-state index contributed by atoms with van der Waals surface area (Å²) in [6.45, 7) is 0. The number of fused-ring (bicyclic) bond motifs is 3. The van der Waals surface area contributed by atoms with Gasteiger partial charge in [-0.15, -0.1) is 0 Å². The van der Waals surface area contributed by atoms with Crippen molar-refractivity contribution in [3.05, 3.63) is 42.2 Å². The number of hydrogen-bond donors (Lipinski definition) is 2. The number of aliphatic carboxylic acids is 1. The molecule has 0 spiro atoms. The summed E-state index contributed by atoms with van der Waals surface area (Å²) in [5, 5.41) is 16.3. The van der Waals surface area contributed by atoms with Crippen molar-refractivity contribution in [3.63, 3.8) is 0 Å². The van der Waals surface area contributed by atoms with Crippen molar-refractivity contribution >= 4 is 11.9 Å². The molecule has 124 valence electrons. The van der Waals surface area contributed by atoms with Crippen molar-refractivity contribution in [1.82, 2.24) is 15.1 Å². The number of H-pyrrole nitrogens is 1. The molecule has 2 saturated heterocycles. The molecule has 3 heterocycles. The van der Waals surface area contributed by atoms with Gasteiger partial charge in [0, 0.05) is 23.4 Å². The van der Waals surface area contributed by atoms with Gasteiger partial charge < -0.3 is 10.0 Å². The van der Waals surface area contributed by atoms with E-state index in [2.05, 4.69) is 10.2 Å². The lowest BCUT2D eigenvalue weighted by Gasteiger charge is -2.49. The Balaban J connectivity index is 1.61. The van der Waals surface area contributed by atoms with Crippen LogP contribution in [-0.4, -0.2) is 44.2 Å². The zero-order valence-corrected chi connectivity index (χ0v) is 13.2. The van der Waals surface area contributed by atoms with E-state index < -0.39 is 12.0 Å². The van der Waals surface area contributed by atoms with E-state index in [1.165, 1.54) is 0 Å². The minimum absolute atomic E-state index is 0.0529. The van der Waals surface area contributed by atoms with Gasteiger partial charge in [-0.25, -0.2) is 4.79 Å². The molecule has 1 aliphatic carbocycles. The van der Waals surface area contributed by atoms with Crippen molar-refractivity contribution in [2.24, 2.45) is 5.92 Å². The molecule has 6 nitrogen and oxygen atoms in total. The number of nitrogens with one attached hydrogen (secondary N) is 1. The monoisotopic (exact) mass is 325 g/mol. The molecule has 2 bridgehead atoms. The van der Waals surface area contributed by atoms with Gasteiger partial charge in [0.1, 0.15) is 6.04 Å². The Bertz CT molecular complexity index is 746. The van der Waals surface area contributed by atoms with Crippen LogP contribution in [0, 0.1) is 5.92 Å². The standard InChI is InChI=1S/C18H19N3O3/c22-17(13-3-1-11(2-4-13)14-9-19-20-10-14)21-15-7-5-12(6-8-15)16(21)18(23)24/h1-4,9-10,12,15-16H,5-8H2,(H,19,20)(H,23,24)/t12?,15?,16-/m0/s1. The summed E-state index contributed by atoms with van der Waals surface area (Å²) in [4.78, 5) is 26.3. The minimum Gasteiger partial charge on any atom is -0.480 e. The van der Waals surface area contributed by atoms with Gasteiger partial charge in [-0.3, -0.25) is 9.89 Å². The lowest BCUT2D eigenvalue weighted by molar-refractivity contribution is -0.150. The first-order chi connectivity index (χ1) is 11.6. The van der Waals surface area contributed by atoms with E-state index in [9.17, 15) is 14.7 Å². The van der Waals surface area contributed by atoms with Crippen molar-refractivity contribution in [3.8, 4) is 11.1 Å². The first-order valence-electron chi connectivity index (χ1n) is 8.30. The number of nitrogens with zero attached hydrogens (tertiary/aromatic N) is 2. The van der Waals surface area contributed by atoms with E-state index in [1.807, 2.05) is 12.1 Å². The summed E-state index contributed by atoms with van der Waals surface area (Å²) in [7, 11) is 0. The number of piperidine rings is 2. The van der Waals surface area contributed by atoms with Crippen LogP contribution in [0.4, 0.5) is 0 Å². The van der Waals surface area contributed by atoms with E-state index in [-0.39, 0.29) is 17.9 Å². The van der Waals surface area contributed by atoms with Crippen LogP contribution in [-0.2, 0) is 4.79 Å². The van der Waals surface area contributed by atoms with Crippen molar-refractivity contribution in [1.29, 1.82) is 0 Å². The van der Waals surface area contributed by atoms with Crippen LogP contribution < -0.4 is 0 Å². The predicted molar refractivity (Wildman–Crippen MR) is 87.4 cm³/mol. The molecule has 0 radical (unpaired) electrons. The summed E-state index contributed by atoms with van der Waals surface area (Å²) in [6, 6.07) is 6.65. The highest BCUT2D eigenvalue weighted by atomic mass is 16.4. The molecule has 1 amide bonds. The quantitative estimate of drug-likeness (QED) is 0.908. The molecular weight excluding hydrogens is 306 g/mol. The normalized spacial score (nSPS) is 25.7. The Morgan fingerprint density at radius 2 is 1.79 bits per heavy atom. The highest BCUT2D eigenvalue weighted by Crippen LogP contribution is 2.40. The fourth-order valence-electron chi connectivity index (χ4n) is 4.13. The number of rotatable bonds is 3. The number of benzene rings is 1. The molecule has 6 heteroatoms. The zero-order chi connectivity index (χ0) is 16.7. The number of aromatic nitrogens is 2. The SMILES string of the molecule is O=C(O)[C@@H]1C2CCC(CC2)N1C(=O)c1ccc(-c2cn[nH]c2)cc1. The van der Waals surface area contributed by atoms with Gasteiger partial charge in [-0.1, -0.05) is 12.1 Å². The smallest absolute Gasteiger partial charge is 0.326 e. The van der Waals surface area contributed by atoms with Crippen LogP contribution in [0.15, 0.2) is 36.7 Å². The number of aromatic amines is 1. The van der Waals surface area contributed by atoms with Crippen LogP contribution in [0.25, 0.3) is 11.1 Å². The average Bonchev–Trinajstić information content (AvgIpc) is 3.16. The highest BCUT2D eigenvalue weighted by molar-refractivity contribution is 5.97. The molecule has 3 fully saturated rings. The average molecular weight is 325 g/mol. The van der Waals surface area contributed by atoms with Gasteiger partial charge in [-0.2, -0.15) is 5.10 Å². The maximum Gasteiger partial charge on any atom is 0.326 e. The van der Waals surface area contributed by atoms with Crippen LogP contribution >= 0.6 is 0 Å². The molecule has 2 N–H and O–H groups in total. The van der Waals surface area contributed by atoms with Gasteiger partial charge in [-0.05, 0) is 49.3 Å². The van der Waals surface area contributed by atoms with E-state index in [0.29, 0.717) is 5.56 Å². The van der Waals surface area contributed by atoms with Crippen LogP contribution in [0.3, 0.4) is 0 Å². The topological polar surface area (TPSA) is 86.3 Å². The number of carbonyl (C=O) groups is 2. The minimum atomic E-state index is -0.882. The Hall–Kier alpha value is -2.63. The molecule has 0 unspecified atom stereocenters. The van der Waals surface area contributed by atoms with Gasteiger partial charge in [0.2, 0.25) is 0 Å². The van der Waals surface area contributed by atoms with Crippen LogP contribution in [0.1, 0.15) is 36.0 Å². The van der Waals surface area contributed by atoms with E-state index >= 15 is 0 Å². The van der Waals surface area contributed by atoms with Crippen molar-refractivity contribution < 1.29 is 14.7 Å². The molecule has 3 aliphatic rings. The number of carbonyl (C=O) groups excluding carboxylic acids is 1. The van der Waals surface area contributed by atoms with Crippen LogP contribution in [0.2, 0.25) is 0 Å². The van der Waals surface area contributed by atoms with Crippen molar-refractivity contribution in [2.45, 2.75) is 37.8 Å². The molecular formula is C18H19N3O3. The molecule has 1 aromatic carbocycles. The lowest BCUT2D eigenvalue weighted by Crippen LogP contribution is -2.60. The third-order valence-corrected chi connectivity index (χ3v) is 5.33. The molecule has 1 aromatic heterocycles. The van der Waals surface area contributed by atoms with E-state index in [0.717, 1.165) is 36.8 Å². The predicted octanol–water partition coefficient (Wildman–Crippen LogP) is 2.54. The summed E-state index contributed by atoms with van der Waals surface area (Å²) in [5.74, 6) is -0.968. The maximum atomic E-state index is 12.9. The first-order valence-corrected chi connectivity index (χ1v) is 8.30. The zero-order valence-electron chi connectivity index (χ0n) is 13.2. The largest absolute Gasteiger partial charge is 0.480 e. The lowest BCUT2D eigenvalue weighted by atomic mass is 9.74. The first kappa shape index (κ1) is 14.9. The highest BCUT2D eigenvalue weighted by Gasteiger charge is 2.47. The second kappa shape index (κ2) is 5.78. The number of carboxylic acids is 1. The maximum absolute atomic E-state index is 12.9. The van der Waals surface area contributed by atoms with E-state index in [1.54, 1.807) is 29.4 Å². The molecule has 5 rings (SSSR count). The fourth-order valence-corrected chi connectivity index (χ4v) is 4.13. The second-order valence-electron chi connectivity index (χ2n) is 6.63. The Labute approximate surface area is 139 Å². The Morgan fingerprint density at radius 3 is 2.38 bits per heavy atom. The molecule has 1 atom stereocenters. The number of amides is 1. The summed E-state index contributed by atoms with van der Waals surface area (Å²) >= 11 is 0. The molecule has 2 aromatic rings. The van der Waals surface area contributed by atoms with Gasteiger partial charge in [0.15, 0.2) is 0 Å². The van der Waals surface area contributed by atoms with Crippen molar-refractivity contribution in [2.75, 3.05) is 0 Å². The third-order valence-electron chi connectivity index (χ3n) is 5.33. The summed E-state index contributed by atoms with van der Waals surface area (Å²) < 4.78 is 0. The Morgan fingerprint density at radius 1 is 1.08 bits per heavy atom. The second-order valence-corrected chi connectivity index (χ2v) is 6.63. The van der Waals surface area contributed by atoms with Gasteiger partial charge >= 0.3 is 5.97 Å². The number of carboxylic acid groups (broad SMARTS) is 1. The number of hydrogen-bond acceptors (Lipinski definition) is 3. The fraction of sp³-hybridized carbons (Fsp3) is 0.389. The summed E-state index contributed by atoms with van der Waals surface area (Å²) in [6.07, 6.45) is 7.15. The summed E-state index contributed by atoms with van der Waals surface area (Å²) in [5.41, 5.74) is 2.46. The third kappa shape index (κ3) is 2.38. The van der Waals surface area contributed by atoms with E-state index in [4.69, 9.17) is 0 Å². The van der Waals surface area contributed by atoms with Gasteiger partial charge in [0.25, 0.3) is 5.91 Å². The molecule has 1 saturated carbocycles. The molecule has 2 aliphatic heterocycles.